The van der Waals surface area contributed by atoms with E-state index in [0.717, 1.165) is 5.56 Å². The van der Waals surface area contributed by atoms with Crippen molar-refractivity contribution in [2.45, 2.75) is 31.8 Å². The number of hydrogen-bond acceptors (Lipinski definition) is 4. The van der Waals surface area contributed by atoms with Gasteiger partial charge in [0.25, 0.3) is 11.7 Å². The molecule has 1 amide bonds. The van der Waals surface area contributed by atoms with Crippen LogP contribution in [-0.4, -0.2) is 43.1 Å². The SMILES string of the molecule is C[C@@H]1COCO[C@]12O[C@H](c1ccccc1)[C@H](C)N(C)C2=O. The predicted octanol–water partition coefficient (Wildman–Crippen LogP) is 1.94. The molecule has 0 bridgehead atoms. The van der Waals surface area contributed by atoms with Gasteiger partial charge in [0.1, 0.15) is 6.10 Å². The third-order valence-electron chi connectivity index (χ3n) is 4.47. The summed E-state index contributed by atoms with van der Waals surface area (Å²) in [5.41, 5.74) is 1.05. The van der Waals surface area contributed by atoms with Gasteiger partial charge in [0.15, 0.2) is 6.79 Å². The van der Waals surface area contributed by atoms with Gasteiger partial charge in [-0.05, 0) is 12.5 Å². The summed E-state index contributed by atoms with van der Waals surface area (Å²) in [6.07, 6.45) is -0.213. The summed E-state index contributed by atoms with van der Waals surface area (Å²) < 4.78 is 17.2. The van der Waals surface area contributed by atoms with Gasteiger partial charge in [-0.1, -0.05) is 37.3 Å². The smallest absolute Gasteiger partial charge is 0.283 e. The van der Waals surface area contributed by atoms with Gasteiger partial charge in [0, 0.05) is 13.0 Å². The zero-order valence-electron chi connectivity index (χ0n) is 12.6. The number of likely N-dealkylation sites (N-methyl/N-ethyl adjacent to an activating group) is 1. The maximum atomic E-state index is 12.7. The molecule has 4 atom stereocenters. The number of morpholine rings is 1. The Balaban J connectivity index is 1.98. The minimum Gasteiger partial charge on any atom is -0.355 e. The van der Waals surface area contributed by atoms with Crippen molar-refractivity contribution in [3.63, 3.8) is 0 Å². The van der Waals surface area contributed by atoms with Crippen LogP contribution in [0.1, 0.15) is 25.5 Å². The highest BCUT2D eigenvalue weighted by Crippen LogP contribution is 2.41. The van der Waals surface area contributed by atoms with Crippen LogP contribution in [0.25, 0.3) is 0 Å². The van der Waals surface area contributed by atoms with Gasteiger partial charge in [-0.15, -0.1) is 0 Å². The first kappa shape index (κ1) is 14.5. The van der Waals surface area contributed by atoms with Crippen molar-refractivity contribution in [1.29, 1.82) is 0 Å². The number of ether oxygens (including phenoxy) is 3. The fraction of sp³-hybridized carbons (Fsp3) is 0.562. The third kappa shape index (κ3) is 2.25. The monoisotopic (exact) mass is 291 g/mol. The molecule has 5 nitrogen and oxygen atoms in total. The van der Waals surface area contributed by atoms with Crippen LogP contribution in [0.2, 0.25) is 0 Å². The second-order valence-electron chi connectivity index (χ2n) is 5.81. The lowest BCUT2D eigenvalue weighted by Gasteiger charge is -2.50. The molecule has 1 spiro atoms. The Morgan fingerprint density at radius 3 is 2.62 bits per heavy atom. The number of rotatable bonds is 1. The number of nitrogens with zero attached hydrogens (tertiary/aromatic N) is 1. The minimum absolute atomic E-state index is 0.0517. The molecule has 2 saturated heterocycles. The number of benzene rings is 1. The van der Waals surface area contributed by atoms with Crippen LogP contribution in [0.15, 0.2) is 30.3 Å². The van der Waals surface area contributed by atoms with Gasteiger partial charge < -0.3 is 19.1 Å². The van der Waals surface area contributed by atoms with E-state index < -0.39 is 5.79 Å². The fourth-order valence-electron chi connectivity index (χ4n) is 2.99. The van der Waals surface area contributed by atoms with E-state index in [2.05, 4.69) is 0 Å². The molecule has 0 radical (unpaired) electrons. The van der Waals surface area contributed by atoms with Gasteiger partial charge in [0.2, 0.25) is 0 Å². The molecule has 2 fully saturated rings. The largest absolute Gasteiger partial charge is 0.355 e. The molecule has 1 aromatic carbocycles. The first-order chi connectivity index (χ1) is 10.1. The third-order valence-corrected chi connectivity index (χ3v) is 4.47. The van der Waals surface area contributed by atoms with Crippen molar-refractivity contribution in [3.05, 3.63) is 35.9 Å². The van der Waals surface area contributed by atoms with Crippen LogP contribution in [0.4, 0.5) is 0 Å². The molecule has 5 heteroatoms. The van der Waals surface area contributed by atoms with Crippen LogP contribution < -0.4 is 0 Å². The lowest BCUT2D eigenvalue weighted by Crippen LogP contribution is -2.65. The molecule has 0 N–H and O–H groups in total. The highest BCUT2D eigenvalue weighted by atomic mass is 16.8. The van der Waals surface area contributed by atoms with E-state index in [1.165, 1.54) is 0 Å². The first-order valence-electron chi connectivity index (χ1n) is 7.28. The molecular formula is C16H21NO4. The molecule has 0 aromatic heterocycles. The molecular weight excluding hydrogens is 270 g/mol. The Bertz CT molecular complexity index is 520. The molecule has 2 aliphatic rings. The summed E-state index contributed by atoms with van der Waals surface area (Å²) in [6.45, 7) is 4.45. The second-order valence-corrected chi connectivity index (χ2v) is 5.81. The summed E-state index contributed by atoms with van der Waals surface area (Å²) in [4.78, 5) is 14.4. The van der Waals surface area contributed by atoms with E-state index >= 15 is 0 Å². The van der Waals surface area contributed by atoms with Crippen LogP contribution in [-0.2, 0) is 19.0 Å². The normalized spacial score (nSPS) is 37.0. The minimum atomic E-state index is -1.24. The fourth-order valence-corrected chi connectivity index (χ4v) is 2.99. The van der Waals surface area contributed by atoms with Gasteiger partial charge in [-0.25, -0.2) is 0 Å². The van der Waals surface area contributed by atoms with Crippen LogP contribution >= 0.6 is 0 Å². The molecule has 2 aliphatic heterocycles. The molecule has 3 rings (SSSR count). The van der Waals surface area contributed by atoms with E-state index in [9.17, 15) is 4.79 Å². The summed E-state index contributed by atoms with van der Waals surface area (Å²) in [5.74, 6) is -1.52. The van der Waals surface area contributed by atoms with Crippen LogP contribution in [0, 0.1) is 5.92 Å². The lowest BCUT2D eigenvalue weighted by atomic mass is 9.92. The van der Waals surface area contributed by atoms with Crippen LogP contribution in [0.3, 0.4) is 0 Å². The van der Waals surface area contributed by atoms with Crippen LogP contribution in [0.5, 0.6) is 0 Å². The van der Waals surface area contributed by atoms with E-state index in [0.29, 0.717) is 6.61 Å². The van der Waals surface area contributed by atoms with Crippen molar-refractivity contribution < 1.29 is 19.0 Å². The quantitative estimate of drug-likeness (QED) is 0.793. The van der Waals surface area contributed by atoms with E-state index in [-0.39, 0.29) is 30.8 Å². The summed E-state index contributed by atoms with van der Waals surface area (Å²) in [7, 11) is 1.80. The summed E-state index contributed by atoms with van der Waals surface area (Å²) in [5, 5.41) is 0. The second kappa shape index (κ2) is 5.40. The maximum absolute atomic E-state index is 12.7. The van der Waals surface area contributed by atoms with E-state index in [4.69, 9.17) is 14.2 Å². The molecule has 114 valence electrons. The molecule has 0 unspecified atom stereocenters. The zero-order valence-corrected chi connectivity index (χ0v) is 12.6. The highest BCUT2D eigenvalue weighted by Gasteiger charge is 2.56. The Morgan fingerprint density at radius 2 is 1.95 bits per heavy atom. The summed E-state index contributed by atoms with van der Waals surface area (Å²) in [6, 6.07) is 9.90. The zero-order chi connectivity index (χ0) is 15.0. The Hall–Kier alpha value is -1.43. The van der Waals surface area contributed by atoms with Gasteiger partial charge in [-0.2, -0.15) is 0 Å². The maximum Gasteiger partial charge on any atom is 0.283 e. The highest BCUT2D eigenvalue weighted by molar-refractivity contribution is 5.85. The lowest BCUT2D eigenvalue weighted by molar-refractivity contribution is -0.349. The predicted molar refractivity (Wildman–Crippen MR) is 76.3 cm³/mol. The molecule has 0 aliphatic carbocycles. The average Bonchev–Trinajstić information content (AvgIpc) is 2.52. The van der Waals surface area contributed by atoms with E-state index in [1.54, 1.807) is 11.9 Å². The number of amides is 1. The average molecular weight is 291 g/mol. The number of carbonyl (C=O) groups excluding carboxylic acids is 1. The number of carbonyl (C=O) groups is 1. The molecule has 1 aromatic rings. The van der Waals surface area contributed by atoms with Crippen molar-refractivity contribution >= 4 is 5.91 Å². The molecule has 2 heterocycles. The topological polar surface area (TPSA) is 48.0 Å². The van der Waals surface area contributed by atoms with Gasteiger partial charge in [0.05, 0.1) is 12.6 Å². The first-order valence-corrected chi connectivity index (χ1v) is 7.28. The van der Waals surface area contributed by atoms with E-state index in [1.807, 2.05) is 44.2 Å². The standard InChI is InChI=1S/C16H21NO4/c1-11-9-19-10-20-16(11)15(18)17(3)12(2)14(21-16)13-7-5-4-6-8-13/h4-8,11-12,14H,9-10H2,1-3H3/t11-,12+,14+,16+/m1/s1. The number of hydrogen-bond donors (Lipinski definition) is 0. The van der Waals surface area contributed by atoms with Crippen molar-refractivity contribution in [3.8, 4) is 0 Å². The van der Waals surface area contributed by atoms with Crippen molar-refractivity contribution in [2.24, 2.45) is 5.92 Å². The Labute approximate surface area is 124 Å². The summed E-state index contributed by atoms with van der Waals surface area (Å²) >= 11 is 0. The van der Waals surface area contributed by atoms with Gasteiger partial charge >= 0.3 is 0 Å². The molecule has 21 heavy (non-hydrogen) atoms. The van der Waals surface area contributed by atoms with Crippen molar-refractivity contribution in [1.82, 2.24) is 4.90 Å². The Kier molecular flexibility index (Phi) is 3.73. The molecule has 0 saturated carbocycles. The Morgan fingerprint density at radius 1 is 1.24 bits per heavy atom. The van der Waals surface area contributed by atoms with Gasteiger partial charge in [-0.3, -0.25) is 4.79 Å². The van der Waals surface area contributed by atoms with Crippen molar-refractivity contribution in [2.75, 3.05) is 20.4 Å².